The highest BCUT2D eigenvalue weighted by molar-refractivity contribution is 6.01. The molecule has 48 heavy (non-hydrogen) atoms. The first-order chi connectivity index (χ1) is 23.7. The quantitative estimate of drug-likeness (QED) is 0.396. The average molecular weight is 595 g/mol. The van der Waals surface area contributed by atoms with Gasteiger partial charge < -0.3 is 0 Å². The third-order valence-electron chi connectivity index (χ3n) is 4.10. The number of rotatable bonds is 4. The van der Waals surface area contributed by atoms with E-state index in [9.17, 15) is 9.59 Å². The third-order valence-corrected chi connectivity index (χ3v) is 4.10. The van der Waals surface area contributed by atoms with Crippen molar-refractivity contribution >= 4 is 11.6 Å². The van der Waals surface area contributed by atoms with Crippen LogP contribution in [-0.4, -0.2) is 11.6 Å². The Kier molecular flexibility index (Phi) is 21.2. The second-order valence-corrected chi connectivity index (χ2v) is 7.17. The van der Waals surface area contributed by atoms with Crippen LogP contribution in [-0.2, 0) is 0 Å². The van der Waals surface area contributed by atoms with E-state index in [-0.39, 0.29) is 24.4 Å². The maximum Gasteiger partial charge on any atom is 0.174 e. The van der Waals surface area contributed by atoms with Crippen molar-refractivity contribution in [2.24, 2.45) is 0 Å². The van der Waals surface area contributed by atoms with Gasteiger partial charge in [-0.2, -0.15) is 0 Å². The van der Waals surface area contributed by atoms with Gasteiger partial charge in [0, 0.05) is 11.1 Å². The van der Waals surface area contributed by atoms with Crippen molar-refractivity contribution in [1.29, 1.82) is 0 Å². The average Bonchev–Trinajstić information content (AvgIpc) is 3.10. The Bertz CT molecular complexity index is 2440. The molecule has 2 nitrogen and oxygen atoms in total. The fourth-order valence-corrected chi connectivity index (χ4v) is 2.27. The molecule has 0 atom stereocenters. The molecule has 1 aromatic rings. The first kappa shape index (κ1) is 36.7. The van der Waals surface area contributed by atoms with Crippen molar-refractivity contribution in [3.8, 4) is 214 Å². The summed E-state index contributed by atoms with van der Waals surface area (Å²) in [5.74, 6) is 83.2. The Morgan fingerprint density at radius 2 is 0.521 bits per heavy atom. The highest BCUT2D eigenvalue weighted by Gasteiger charge is 2.07. The van der Waals surface area contributed by atoms with E-state index < -0.39 is 0 Å². The van der Waals surface area contributed by atoms with Crippen LogP contribution in [0.4, 0.5) is 0 Å². The molecule has 0 heterocycles. The van der Waals surface area contributed by atoms with Crippen LogP contribution >= 0.6 is 0 Å². The number of ketones is 2. The predicted octanol–water partition coefficient (Wildman–Crippen LogP) is 2.15. The third kappa shape index (κ3) is 21.4. The Labute approximate surface area is 282 Å². The zero-order valence-corrected chi connectivity index (χ0v) is 24.7. The van der Waals surface area contributed by atoms with E-state index in [1.54, 1.807) is 24.3 Å². The van der Waals surface area contributed by atoms with Crippen molar-refractivity contribution in [2.45, 2.75) is 12.8 Å². The van der Waals surface area contributed by atoms with E-state index in [1.807, 2.05) is 0 Å². The van der Waals surface area contributed by atoms with E-state index in [2.05, 4.69) is 201 Å². The first-order valence-corrected chi connectivity index (χ1v) is 12.7. The lowest BCUT2D eigenvalue weighted by atomic mass is 10.0. The summed E-state index contributed by atoms with van der Waals surface area (Å²) in [6.07, 6.45) is 9.79. The van der Waals surface area contributed by atoms with Gasteiger partial charge >= 0.3 is 0 Å². The van der Waals surface area contributed by atoms with Crippen LogP contribution in [0.3, 0.4) is 0 Å². The molecule has 1 rings (SSSR count). The monoisotopic (exact) mass is 594 g/mol. The normalized spacial score (nSPS) is 5.62. The van der Waals surface area contributed by atoms with Crippen LogP contribution in [0.2, 0.25) is 0 Å². The lowest BCUT2D eigenvalue weighted by Gasteiger charge is -2.00. The maximum atomic E-state index is 12.3. The molecule has 2 heteroatoms. The molecule has 0 spiro atoms. The fourth-order valence-electron chi connectivity index (χ4n) is 2.27. The Morgan fingerprint density at radius 1 is 0.333 bits per heavy atom. The molecule has 0 fully saturated rings. The summed E-state index contributed by atoms with van der Waals surface area (Å²) >= 11 is 0. The van der Waals surface area contributed by atoms with Crippen molar-refractivity contribution in [3.05, 3.63) is 35.4 Å². The van der Waals surface area contributed by atoms with Gasteiger partial charge in [0.25, 0.3) is 0 Å². The highest BCUT2D eigenvalue weighted by atomic mass is 16.1. The smallest absolute Gasteiger partial charge is 0.174 e. The maximum absolute atomic E-state index is 12.3. The Morgan fingerprint density at radius 3 is 0.729 bits per heavy atom. The second kappa shape index (κ2) is 27.8. The molecule has 206 valence electrons. The number of Topliss-reactive ketones (excluding diaryl/α,β-unsaturated/α-hetero) is 2. The van der Waals surface area contributed by atoms with Crippen LogP contribution in [0, 0.1) is 214 Å². The zero-order valence-electron chi connectivity index (χ0n) is 24.7. The Hall–Kier alpha value is -9.36. The van der Waals surface area contributed by atoms with Crippen LogP contribution in [0.25, 0.3) is 0 Å². The van der Waals surface area contributed by atoms with Gasteiger partial charge in [0.2, 0.25) is 0 Å². The number of carbonyl (C=O) groups excluding carboxylic acids is 2. The van der Waals surface area contributed by atoms with Gasteiger partial charge in [-0.25, -0.2) is 0 Å². The fraction of sp³-hybridized carbons (Fsp3) is 0.0435. The predicted molar refractivity (Wildman–Crippen MR) is 186 cm³/mol. The molecule has 0 aliphatic rings. The van der Waals surface area contributed by atoms with Gasteiger partial charge in [-0.15, -0.1) is 12.8 Å². The van der Waals surface area contributed by atoms with Crippen molar-refractivity contribution in [1.82, 2.24) is 0 Å². The van der Waals surface area contributed by atoms with Gasteiger partial charge in [-0.3, -0.25) is 9.59 Å². The Balaban J connectivity index is 2.51. The molecular formula is C46H10O2. The van der Waals surface area contributed by atoms with Crippen LogP contribution in [0.15, 0.2) is 24.3 Å². The zero-order chi connectivity index (χ0) is 34.6. The van der Waals surface area contributed by atoms with Gasteiger partial charge in [0.15, 0.2) is 11.6 Å². The summed E-state index contributed by atoms with van der Waals surface area (Å²) in [6, 6.07) is 6.21. The molecule has 0 unspecified atom stereocenters. The summed E-state index contributed by atoms with van der Waals surface area (Å²) in [5.41, 5.74) is 0.821. The summed E-state index contributed by atoms with van der Waals surface area (Å²) in [6.45, 7) is 0. The largest absolute Gasteiger partial charge is 0.293 e. The standard InChI is InChI=1S/C46H10O2/c1-3-5-7-9-11-13-15-17-19-21-23-25-27-29-31-33-35-37-45(47)43-39-41-44(42-40-43)46(48)38-36-34-32-30-28-26-24-22-20-18-16-14-12-10-8-6-4-2/h1-2,39-42H,37-38H2. The van der Waals surface area contributed by atoms with Crippen LogP contribution in [0.1, 0.15) is 33.6 Å². The number of hydrogen-bond acceptors (Lipinski definition) is 2. The van der Waals surface area contributed by atoms with E-state index in [0.717, 1.165) is 0 Å². The summed E-state index contributed by atoms with van der Waals surface area (Å²) < 4.78 is 0. The molecular weight excluding hydrogens is 585 g/mol. The van der Waals surface area contributed by atoms with E-state index >= 15 is 0 Å². The van der Waals surface area contributed by atoms with Gasteiger partial charge in [0.1, 0.15) is 0 Å². The van der Waals surface area contributed by atoms with Crippen molar-refractivity contribution in [3.63, 3.8) is 0 Å². The summed E-state index contributed by atoms with van der Waals surface area (Å²) in [4.78, 5) is 24.7. The molecule has 0 N–H and O–H groups in total. The molecule has 0 aromatic heterocycles. The molecule has 0 bridgehead atoms. The number of terminal acetylenes is 2. The molecule has 1 aromatic carbocycles. The number of hydrogen-bond donors (Lipinski definition) is 0. The summed E-state index contributed by atoms with van der Waals surface area (Å²) in [7, 11) is 0. The molecule has 0 saturated carbocycles. The summed E-state index contributed by atoms with van der Waals surface area (Å²) in [5, 5.41) is 0. The number of carbonyl (C=O) groups is 2. The van der Waals surface area contributed by atoms with Crippen LogP contribution < -0.4 is 0 Å². The molecule has 0 amide bonds. The first-order valence-electron chi connectivity index (χ1n) is 12.7. The van der Waals surface area contributed by atoms with Gasteiger partial charge in [-0.1, -0.05) is 36.1 Å². The van der Waals surface area contributed by atoms with E-state index in [4.69, 9.17) is 12.8 Å². The van der Waals surface area contributed by atoms with Gasteiger partial charge in [-0.05, 0) is 189 Å². The van der Waals surface area contributed by atoms with E-state index in [1.165, 1.54) is 0 Å². The van der Waals surface area contributed by atoms with Crippen molar-refractivity contribution < 1.29 is 9.59 Å². The van der Waals surface area contributed by atoms with Gasteiger partial charge in [0.05, 0.1) is 12.8 Å². The number of benzene rings is 1. The SMILES string of the molecule is C#CC#CC#CC#CC#CC#CC#CC#CC#CCC(=O)c1ccc(C(=O)CC#CC#CC#CC#CC#CC#CC#CC#CC#C)cc1. The minimum atomic E-state index is -0.219. The molecule has 0 aliphatic carbocycles. The topological polar surface area (TPSA) is 34.1 Å². The molecule has 0 radical (unpaired) electrons. The van der Waals surface area contributed by atoms with Crippen LogP contribution in [0.5, 0.6) is 0 Å². The molecule has 0 aliphatic heterocycles. The second-order valence-electron chi connectivity index (χ2n) is 7.17. The van der Waals surface area contributed by atoms with E-state index in [0.29, 0.717) is 11.1 Å². The van der Waals surface area contributed by atoms with Crippen molar-refractivity contribution in [2.75, 3.05) is 0 Å². The lowest BCUT2D eigenvalue weighted by molar-refractivity contribution is 0.0986. The highest BCUT2D eigenvalue weighted by Crippen LogP contribution is 2.08. The molecule has 0 saturated heterocycles. The minimum absolute atomic E-state index is 0.0476. The minimum Gasteiger partial charge on any atom is -0.293 e. The lowest BCUT2D eigenvalue weighted by Crippen LogP contribution is -2.01.